The van der Waals surface area contributed by atoms with Crippen LogP contribution in [0.15, 0.2) is 312 Å². The van der Waals surface area contributed by atoms with Crippen LogP contribution in [0, 0.1) is 0 Å². The van der Waals surface area contributed by atoms with Crippen molar-refractivity contribution in [3.05, 3.63) is 348 Å². The zero-order valence-electron chi connectivity index (χ0n) is 47.6. The van der Waals surface area contributed by atoms with E-state index in [-0.39, 0.29) is 0 Å². The van der Waals surface area contributed by atoms with Crippen LogP contribution in [-0.4, -0.2) is 0 Å². The number of fused-ring (bicyclic) bond motifs is 27. The van der Waals surface area contributed by atoms with Gasteiger partial charge in [0.15, 0.2) is 0 Å². The van der Waals surface area contributed by atoms with E-state index in [1.165, 1.54) is 99.8 Å². The Morgan fingerprint density at radius 3 is 1.31 bits per heavy atom. The molecule has 2 aromatic heterocycles. The summed E-state index contributed by atoms with van der Waals surface area (Å²) in [6.45, 7) is 0. The van der Waals surface area contributed by atoms with Crippen molar-refractivity contribution in [1.82, 2.24) is 0 Å². The molecule has 0 N–H and O–H groups in total. The summed E-state index contributed by atoms with van der Waals surface area (Å²) in [5.74, 6) is 0. The van der Waals surface area contributed by atoms with Gasteiger partial charge in [-0.25, -0.2) is 0 Å². The lowest BCUT2D eigenvalue weighted by molar-refractivity contribution is 0.668. The molecule has 0 radical (unpaired) electrons. The summed E-state index contributed by atoms with van der Waals surface area (Å²) in [5, 5.41) is 6.72. The first kappa shape index (κ1) is 47.8. The number of para-hydroxylation sites is 2. The van der Waals surface area contributed by atoms with Crippen molar-refractivity contribution >= 4 is 88.8 Å². The zero-order chi connectivity index (χ0) is 57.4. The average molecular weight is 1120 g/mol. The summed E-state index contributed by atoms with van der Waals surface area (Å²) in [6, 6.07) is 113. The van der Waals surface area contributed by atoms with Gasteiger partial charge in [-0.2, -0.15) is 0 Å². The minimum atomic E-state index is -0.587. The molecule has 0 bridgehead atoms. The normalized spacial score (nSPS) is 13.9. The quantitative estimate of drug-likeness (QED) is 0.166. The molecule has 0 atom stereocenters. The molecule has 0 amide bonds. The van der Waals surface area contributed by atoms with E-state index in [9.17, 15) is 0 Å². The van der Waals surface area contributed by atoms with Crippen molar-refractivity contribution in [2.45, 2.75) is 10.8 Å². The summed E-state index contributed by atoms with van der Waals surface area (Å²) < 4.78 is 13.6. The lowest BCUT2D eigenvalue weighted by atomic mass is 9.70. The van der Waals surface area contributed by atoms with Crippen molar-refractivity contribution in [3.63, 3.8) is 0 Å². The Hall–Kier alpha value is -11.5. The van der Waals surface area contributed by atoms with Gasteiger partial charge in [0.05, 0.1) is 27.6 Å². The minimum Gasteiger partial charge on any atom is -0.456 e. The molecular weight excluding hydrogens is 1070 g/mol. The summed E-state index contributed by atoms with van der Waals surface area (Å²) in [6.07, 6.45) is 0. The molecule has 4 aliphatic carbocycles. The van der Waals surface area contributed by atoms with Crippen LogP contribution in [0.3, 0.4) is 0 Å². The van der Waals surface area contributed by atoms with Crippen LogP contribution in [0.1, 0.15) is 44.5 Å². The molecule has 2 spiro atoms. The Morgan fingerprint density at radius 2 is 0.648 bits per heavy atom. The first-order valence-electron chi connectivity index (χ1n) is 30.5. The van der Waals surface area contributed by atoms with Crippen molar-refractivity contribution in [2.24, 2.45) is 0 Å². The highest BCUT2D eigenvalue weighted by Crippen LogP contribution is 2.67. The fourth-order valence-corrected chi connectivity index (χ4v) is 16.7. The Balaban J connectivity index is 0.866. The van der Waals surface area contributed by atoms with E-state index in [1.807, 2.05) is 6.07 Å². The third-order valence-electron chi connectivity index (χ3n) is 20.0. The molecule has 4 nitrogen and oxygen atoms in total. The molecule has 0 aliphatic heterocycles. The number of benzene rings is 14. The smallest absolute Gasteiger partial charge is 0.137 e. The van der Waals surface area contributed by atoms with Gasteiger partial charge in [0.2, 0.25) is 0 Å². The monoisotopic (exact) mass is 1120 g/mol. The number of rotatable bonds is 6. The first-order valence-corrected chi connectivity index (χ1v) is 30.5. The maximum absolute atomic E-state index is 6.80. The highest BCUT2D eigenvalue weighted by Gasteiger charge is 2.54. The standard InChI is InChI=1S/C84H50N2O2/c1-2-21-52-47-73-66(46-51(52)20-1)81-72(84(73)70-34-13-5-26-59(70)60-27-6-14-35-71(60)84)36-18-37-75(81)86(76-38-19-41-79-82(76)65-30-9-16-40-78(65)87-79)54-23-17-22-53(48-54)85(56-43-45-64-63-29-8-15-39-77(63)88-80(64)50-56)55-42-44-62-61-28-7-12-33-69(61)83(74(62)49-55)67-31-10-3-24-57(67)58-25-4-11-32-68(58)83/h1-50H. The number of anilines is 6. The van der Waals surface area contributed by atoms with Gasteiger partial charge in [-0.3, -0.25) is 0 Å². The predicted octanol–water partition coefficient (Wildman–Crippen LogP) is 22.3. The van der Waals surface area contributed by atoms with Gasteiger partial charge in [0.25, 0.3) is 0 Å². The molecular formula is C84H50N2O2. The van der Waals surface area contributed by atoms with E-state index in [1.54, 1.807) is 0 Å². The van der Waals surface area contributed by atoms with Crippen LogP contribution >= 0.6 is 0 Å². The van der Waals surface area contributed by atoms with Gasteiger partial charge >= 0.3 is 0 Å². The maximum Gasteiger partial charge on any atom is 0.137 e. The van der Waals surface area contributed by atoms with Crippen LogP contribution in [-0.2, 0) is 10.8 Å². The van der Waals surface area contributed by atoms with E-state index in [0.717, 1.165) is 78.0 Å². The van der Waals surface area contributed by atoms with E-state index < -0.39 is 10.8 Å². The highest BCUT2D eigenvalue weighted by molar-refractivity contribution is 6.15. The summed E-state index contributed by atoms with van der Waals surface area (Å²) in [7, 11) is 0. The largest absolute Gasteiger partial charge is 0.456 e. The number of nitrogens with zero attached hydrogens (tertiary/aromatic N) is 2. The average Bonchev–Trinajstić information content (AvgIpc) is 1.53. The Kier molecular flexibility index (Phi) is 9.56. The molecule has 0 saturated carbocycles. The lowest BCUT2D eigenvalue weighted by Gasteiger charge is -2.33. The Labute approximate surface area is 507 Å². The van der Waals surface area contributed by atoms with Crippen molar-refractivity contribution in [2.75, 3.05) is 9.80 Å². The van der Waals surface area contributed by atoms with Gasteiger partial charge in [0, 0.05) is 50.5 Å². The highest BCUT2D eigenvalue weighted by atomic mass is 16.3. The fraction of sp³-hybridized carbons (Fsp3) is 0.0238. The zero-order valence-corrected chi connectivity index (χ0v) is 47.6. The Bertz CT molecular complexity index is 5590. The number of furan rings is 2. The predicted molar refractivity (Wildman–Crippen MR) is 360 cm³/mol. The summed E-state index contributed by atoms with van der Waals surface area (Å²) >= 11 is 0. The molecule has 0 saturated heterocycles. The minimum absolute atomic E-state index is 0.540. The van der Waals surface area contributed by atoms with Gasteiger partial charge < -0.3 is 18.6 Å². The van der Waals surface area contributed by atoms with Crippen molar-refractivity contribution in [1.29, 1.82) is 0 Å². The second-order valence-electron chi connectivity index (χ2n) is 24.1. The van der Waals surface area contributed by atoms with Crippen molar-refractivity contribution < 1.29 is 8.83 Å². The van der Waals surface area contributed by atoms with Gasteiger partial charge in [-0.1, -0.05) is 212 Å². The molecule has 16 aromatic rings. The SMILES string of the molecule is c1cc(N(c2ccc3c(c2)C2(c4ccccc4-c4ccccc42)c2ccccc2-3)c2ccc3c(c2)oc2ccccc23)cc(N(c2cccc3c2-c2cc4ccccc4cc2C32c3ccccc3-c3ccccc32)c2cccc3oc4ccccc4c23)c1. The van der Waals surface area contributed by atoms with Crippen LogP contribution in [0.4, 0.5) is 34.1 Å². The maximum atomic E-state index is 6.80. The molecule has 14 aromatic carbocycles. The number of hydrogen-bond acceptors (Lipinski definition) is 4. The summed E-state index contributed by atoms with van der Waals surface area (Å²) in [4.78, 5) is 4.98. The fourth-order valence-electron chi connectivity index (χ4n) is 16.7. The molecule has 2 heterocycles. The molecule has 20 rings (SSSR count). The van der Waals surface area contributed by atoms with E-state index >= 15 is 0 Å². The number of hydrogen-bond donors (Lipinski definition) is 0. The molecule has 4 heteroatoms. The molecule has 0 unspecified atom stereocenters. The van der Waals surface area contributed by atoms with Crippen LogP contribution < -0.4 is 9.80 Å². The lowest BCUT2D eigenvalue weighted by Crippen LogP contribution is -2.26. The van der Waals surface area contributed by atoms with Gasteiger partial charge in [-0.05, 0) is 179 Å². The summed E-state index contributed by atoms with van der Waals surface area (Å²) in [5.41, 5.74) is 28.8. The molecule has 0 fully saturated rings. The van der Waals surface area contributed by atoms with Crippen LogP contribution in [0.25, 0.3) is 99.2 Å². The second-order valence-corrected chi connectivity index (χ2v) is 24.1. The van der Waals surface area contributed by atoms with E-state index in [0.29, 0.717) is 0 Å². The third kappa shape index (κ3) is 6.13. The third-order valence-corrected chi connectivity index (χ3v) is 20.0. The van der Waals surface area contributed by atoms with Gasteiger partial charge in [-0.15, -0.1) is 0 Å². The van der Waals surface area contributed by atoms with Crippen LogP contribution in [0.2, 0.25) is 0 Å². The molecule has 88 heavy (non-hydrogen) atoms. The van der Waals surface area contributed by atoms with E-state index in [2.05, 4.69) is 307 Å². The Morgan fingerprint density at radius 1 is 0.227 bits per heavy atom. The first-order chi connectivity index (χ1) is 43.6. The van der Waals surface area contributed by atoms with Gasteiger partial charge in [0.1, 0.15) is 22.3 Å². The molecule has 4 aliphatic rings. The van der Waals surface area contributed by atoms with E-state index in [4.69, 9.17) is 8.83 Å². The second kappa shape index (κ2) is 17.6. The van der Waals surface area contributed by atoms with Crippen LogP contribution in [0.5, 0.6) is 0 Å². The topological polar surface area (TPSA) is 32.8 Å². The van der Waals surface area contributed by atoms with Crippen molar-refractivity contribution in [3.8, 4) is 44.5 Å². The molecule has 408 valence electrons.